The molecule has 0 saturated heterocycles. The van der Waals surface area contributed by atoms with E-state index in [1.54, 1.807) is 12.1 Å². The fourth-order valence-corrected chi connectivity index (χ4v) is 1.86. The average Bonchev–Trinajstić information content (AvgIpc) is 2.98. The van der Waals surface area contributed by atoms with Crippen molar-refractivity contribution >= 4 is 29.4 Å². The summed E-state index contributed by atoms with van der Waals surface area (Å²) in [6, 6.07) is 7.25. The number of imide groups is 1. The lowest BCUT2D eigenvalue weighted by Gasteiger charge is -2.10. The summed E-state index contributed by atoms with van der Waals surface area (Å²) in [4.78, 5) is 40.3. The minimum atomic E-state index is -1.04. The molecule has 0 N–H and O–H groups in total. The maximum Gasteiger partial charge on any atom is 0.401 e. The van der Waals surface area contributed by atoms with Gasteiger partial charge in [0, 0.05) is 6.07 Å². The molecule has 1 aromatic heterocycles. The Kier molecular flexibility index (Phi) is 2.76. The normalized spacial score (nSPS) is 13.6. The molecule has 2 aromatic rings. The maximum absolute atomic E-state index is 11.9. The summed E-state index contributed by atoms with van der Waals surface area (Å²) in [5.74, 6) is -2.79. The fraction of sp³-hybridized carbons (Fsp3) is 0. The van der Waals surface area contributed by atoms with E-state index in [0.29, 0.717) is 5.06 Å². The first kappa shape index (κ1) is 12.4. The maximum atomic E-state index is 11.9. The second-order valence-corrected chi connectivity index (χ2v) is 4.23. The van der Waals surface area contributed by atoms with Crippen LogP contribution >= 0.6 is 11.6 Å². The third kappa shape index (κ3) is 1.84. The standard InChI is InChI=1S/C12H5ClN2O5/c13-9-5-8(19-14-9)12(18)20-15-10(16)6-3-1-2-4-7(6)11(15)17/h1-5H. The number of hydroxylamine groups is 2. The summed E-state index contributed by atoms with van der Waals surface area (Å²) in [5.41, 5.74) is 0.335. The number of carbonyl (C=O) groups excluding carboxylic acids is 3. The number of rotatable bonds is 2. The van der Waals surface area contributed by atoms with E-state index in [1.807, 2.05) is 0 Å². The Morgan fingerprint density at radius 3 is 2.30 bits per heavy atom. The van der Waals surface area contributed by atoms with Crippen molar-refractivity contribution in [3.8, 4) is 0 Å². The Morgan fingerprint density at radius 1 is 1.20 bits per heavy atom. The Bertz CT molecular complexity index is 704. The molecule has 0 radical (unpaired) electrons. The molecule has 3 rings (SSSR count). The van der Waals surface area contributed by atoms with Crippen molar-refractivity contribution in [2.75, 3.05) is 0 Å². The lowest BCUT2D eigenvalue weighted by molar-refractivity contribution is -0.0607. The number of nitrogens with zero attached hydrogens (tertiary/aromatic N) is 2. The van der Waals surface area contributed by atoms with Crippen LogP contribution in [-0.2, 0) is 4.84 Å². The molecule has 7 nitrogen and oxygen atoms in total. The minimum absolute atomic E-state index is 0.0423. The highest BCUT2D eigenvalue weighted by Gasteiger charge is 2.39. The van der Waals surface area contributed by atoms with Crippen LogP contribution in [-0.4, -0.2) is 28.0 Å². The summed E-state index contributed by atoms with van der Waals surface area (Å²) in [5, 5.41) is 3.63. The minimum Gasteiger partial charge on any atom is -0.348 e. The van der Waals surface area contributed by atoms with Gasteiger partial charge in [-0.15, -0.1) is 0 Å². The molecule has 2 heterocycles. The number of carbonyl (C=O) groups is 3. The molecule has 20 heavy (non-hydrogen) atoms. The van der Waals surface area contributed by atoms with Crippen LogP contribution in [0.5, 0.6) is 0 Å². The molecule has 0 bridgehead atoms. The summed E-state index contributed by atoms with van der Waals surface area (Å²) < 4.78 is 4.58. The van der Waals surface area contributed by atoms with E-state index in [1.165, 1.54) is 12.1 Å². The lowest BCUT2D eigenvalue weighted by Crippen LogP contribution is -2.32. The summed E-state index contributed by atoms with van der Waals surface area (Å²) >= 11 is 5.49. The first-order valence-electron chi connectivity index (χ1n) is 5.40. The quantitative estimate of drug-likeness (QED) is 0.783. The molecule has 0 saturated carbocycles. The van der Waals surface area contributed by atoms with Crippen molar-refractivity contribution in [3.05, 3.63) is 52.4 Å². The Morgan fingerprint density at radius 2 is 1.80 bits per heavy atom. The summed E-state index contributed by atoms with van der Waals surface area (Å²) in [7, 11) is 0. The van der Waals surface area contributed by atoms with Crippen LogP contribution in [0.25, 0.3) is 0 Å². The highest BCUT2D eigenvalue weighted by atomic mass is 35.5. The molecule has 8 heteroatoms. The molecule has 1 aromatic carbocycles. The van der Waals surface area contributed by atoms with E-state index in [2.05, 4.69) is 9.68 Å². The molecule has 0 aliphatic carbocycles. The number of hydrogen-bond donors (Lipinski definition) is 0. The number of fused-ring (bicyclic) bond motifs is 1. The van der Waals surface area contributed by atoms with Gasteiger partial charge in [-0.3, -0.25) is 9.59 Å². The van der Waals surface area contributed by atoms with Crippen LogP contribution in [0.2, 0.25) is 5.15 Å². The highest BCUT2D eigenvalue weighted by Crippen LogP contribution is 2.23. The summed E-state index contributed by atoms with van der Waals surface area (Å²) in [6.07, 6.45) is 0. The van der Waals surface area contributed by atoms with Crippen molar-refractivity contribution in [2.45, 2.75) is 0 Å². The zero-order valence-corrected chi connectivity index (χ0v) is 10.5. The van der Waals surface area contributed by atoms with E-state index in [4.69, 9.17) is 16.4 Å². The number of amides is 2. The second kappa shape index (κ2) is 4.46. The third-order valence-electron chi connectivity index (χ3n) is 2.61. The molecule has 0 spiro atoms. The Balaban J connectivity index is 1.85. The Labute approximate surface area is 116 Å². The Hall–Kier alpha value is -2.67. The smallest absolute Gasteiger partial charge is 0.348 e. The van der Waals surface area contributed by atoms with Gasteiger partial charge in [0.2, 0.25) is 5.76 Å². The van der Waals surface area contributed by atoms with Gasteiger partial charge in [0.15, 0.2) is 5.15 Å². The van der Waals surface area contributed by atoms with Crippen LogP contribution in [0.3, 0.4) is 0 Å². The van der Waals surface area contributed by atoms with Gasteiger partial charge in [-0.05, 0) is 12.1 Å². The van der Waals surface area contributed by atoms with E-state index in [0.717, 1.165) is 6.07 Å². The molecule has 100 valence electrons. The number of benzene rings is 1. The van der Waals surface area contributed by atoms with Crippen LogP contribution in [0.4, 0.5) is 0 Å². The third-order valence-corrected chi connectivity index (χ3v) is 2.79. The van der Waals surface area contributed by atoms with E-state index in [-0.39, 0.29) is 22.0 Å². The molecular weight excluding hydrogens is 288 g/mol. The topological polar surface area (TPSA) is 89.7 Å². The monoisotopic (exact) mass is 292 g/mol. The number of aromatic nitrogens is 1. The lowest BCUT2D eigenvalue weighted by atomic mass is 10.1. The largest absolute Gasteiger partial charge is 0.401 e. The van der Waals surface area contributed by atoms with Crippen molar-refractivity contribution in [3.63, 3.8) is 0 Å². The summed E-state index contributed by atoms with van der Waals surface area (Å²) in [6.45, 7) is 0. The van der Waals surface area contributed by atoms with Gasteiger partial charge in [-0.2, -0.15) is 0 Å². The number of hydrogen-bond acceptors (Lipinski definition) is 6. The van der Waals surface area contributed by atoms with Crippen molar-refractivity contribution in [1.82, 2.24) is 10.2 Å². The van der Waals surface area contributed by atoms with Gasteiger partial charge < -0.3 is 9.36 Å². The molecule has 2 amide bonds. The molecular formula is C12H5ClN2O5. The first-order chi connectivity index (χ1) is 9.58. The van der Waals surface area contributed by atoms with Gasteiger partial charge in [-0.25, -0.2) is 4.79 Å². The van der Waals surface area contributed by atoms with E-state index < -0.39 is 17.8 Å². The molecule has 0 unspecified atom stereocenters. The predicted molar refractivity (Wildman–Crippen MR) is 63.9 cm³/mol. The second-order valence-electron chi connectivity index (χ2n) is 3.84. The van der Waals surface area contributed by atoms with Gasteiger partial charge >= 0.3 is 5.97 Å². The van der Waals surface area contributed by atoms with Crippen LogP contribution in [0.15, 0.2) is 34.9 Å². The van der Waals surface area contributed by atoms with Gasteiger partial charge in [0.05, 0.1) is 11.1 Å². The molecule has 0 atom stereocenters. The van der Waals surface area contributed by atoms with Crippen LogP contribution < -0.4 is 0 Å². The molecule has 1 aliphatic heterocycles. The fourth-order valence-electron chi connectivity index (χ4n) is 1.73. The van der Waals surface area contributed by atoms with Crippen molar-refractivity contribution in [2.24, 2.45) is 0 Å². The van der Waals surface area contributed by atoms with Crippen LogP contribution in [0, 0.1) is 0 Å². The zero-order valence-electron chi connectivity index (χ0n) is 9.70. The van der Waals surface area contributed by atoms with E-state index >= 15 is 0 Å². The first-order valence-corrected chi connectivity index (χ1v) is 5.78. The van der Waals surface area contributed by atoms with E-state index in [9.17, 15) is 14.4 Å². The van der Waals surface area contributed by atoms with Crippen molar-refractivity contribution < 1.29 is 23.7 Å². The van der Waals surface area contributed by atoms with Gasteiger partial charge in [0.25, 0.3) is 11.8 Å². The average molecular weight is 293 g/mol. The van der Waals surface area contributed by atoms with Crippen LogP contribution in [0.1, 0.15) is 31.3 Å². The van der Waals surface area contributed by atoms with Gasteiger partial charge in [-0.1, -0.05) is 34.0 Å². The SMILES string of the molecule is O=C(ON1C(=O)c2ccccc2C1=O)c1cc(Cl)no1. The predicted octanol–water partition coefficient (Wildman–Crippen LogP) is 1.70. The van der Waals surface area contributed by atoms with Crippen molar-refractivity contribution in [1.29, 1.82) is 0 Å². The zero-order chi connectivity index (χ0) is 14.3. The highest BCUT2D eigenvalue weighted by molar-refractivity contribution is 6.29. The molecule has 0 fully saturated rings. The van der Waals surface area contributed by atoms with Gasteiger partial charge in [0.1, 0.15) is 0 Å². The molecule has 1 aliphatic rings. The number of halogens is 1.